The molecule has 0 spiro atoms. The number of hydrogen-bond acceptors (Lipinski definition) is 6. The van der Waals surface area contributed by atoms with Crippen molar-refractivity contribution in [3.8, 4) is 0 Å². The highest BCUT2D eigenvalue weighted by Crippen LogP contribution is 2.22. The third kappa shape index (κ3) is 7.61. The van der Waals surface area contributed by atoms with Crippen LogP contribution in [0, 0.1) is 5.82 Å². The van der Waals surface area contributed by atoms with Crippen LogP contribution < -0.4 is 5.32 Å². The smallest absolute Gasteiger partial charge is 0.412 e. The number of carboxylic acids is 1. The van der Waals surface area contributed by atoms with E-state index in [4.69, 9.17) is 21.4 Å². The molecule has 0 aliphatic heterocycles. The maximum Gasteiger partial charge on any atom is 0.412 e. The molecule has 0 unspecified atom stereocenters. The Bertz CT molecular complexity index is 1240. The predicted molar refractivity (Wildman–Crippen MR) is 132 cm³/mol. The number of hydrogen-bond donors (Lipinski definition) is 2. The van der Waals surface area contributed by atoms with Gasteiger partial charge in [0.25, 0.3) is 0 Å². The maximum atomic E-state index is 13.7. The number of rotatable bonds is 11. The second kappa shape index (κ2) is 12.8. The normalized spacial score (nSPS) is 11.6. The average molecular weight is 517 g/mol. The van der Waals surface area contributed by atoms with Gasteiger partial charge in [0.2, 0.25) is 5.91 Å². The van der Waals surface area contributed by atoms with Crippen molar-refractivity contribution in [3.63, 3.8) is 0 Å². The van der Waals surface area contributed by atoms with Crippen molar-refractivity contribution in [1.29, 1.82) is 0 Å². The predicted octanol–water partition coefficient (Wildman–Crippen LogP) is 4.69. The van der Waals surface area contributed by atoms with Crippen LogP contribution in [0.1, 0.15) is 31.2 Å². The molecular formula is C25H26ClFN4O5. The zero-order valence-electron chi connectivity index (χ0n) is 19.6. The van der Waals surface area contributed by atoms with Gasteiger partial charge in [-0.3, -0.25) is 19.9 Å². The lowest BCUT2D eigenvalue weighted by Crippen LogP contribution is -2.41. The minimum Gasteiger partial charge on any atom is -0.481 e. The number of anilines is 1. The summed E-state index contributed by atoms with van der Waals surface area (Å²) in [6, 6.07) is 7.30. The van der Waals surface area contributed by atoms with E-state index in [0.29, 0.717) is 12.0 Å². The van der Waals surface area contributed by atoms with Crippen LogP contribution in [0.3, 0.4) is 0 Å². The minimum atomic E-state index is -0.959. The number of carbonyl (C=O) groups excluding carboxylic acids is 2. The molecule has 3 aromatic rings. The summed E-state index contributed by atoms with van der Waals surface area (Å²) in [7, 11) is 1.56. The Morgan fingerprint density at radius 1 is 1.19 bits per heavy atom. The van der Waals surface area contributed by atoms with E-state index in [-0.39, 0.29) is 49.0 Å². The minimum absolute atomic E-state index is 0.0240. The monoisotopic (exact) mass is 516 g/mol. The molecule has 0 fully saturated rings. The number of likely N-dealkylation sites (N-methyl/N-ethyl adjacent to an activating group) is 1. The van der Waals surface area contributed by atoms with Gasteiger partial charge in [-0.2, -0.15) is 0 Å². The molecule has 190 valence electrons. The molecule has 0 saturated carbocycles. The van der Waals surface area contributed by atoms with Gasteiger partial charge in [-0.15, -0.1) is 0 Å². The Morgan fingerprint density at radius 3 is 2.78 bits per heavy atom. The second-order valence-electron chi connectivity index (χ2n) is 8.17. The Labute approximate surface area is 212 Å². The zero-order chi connectivity index (χ0) is 26.1. The van der Waals surface area contributed by atoms with Gasteiger partial charge in [0.05, 0.1) is 11.1 Å². The van der Waals surface area contributed by atoms with Gasteiger partial charge in [0, 0.05) is 49.3 Å². The lowest BCUT2D eigenvalue weighted by Gasteiger charge is -2.28. The first-order chi connectivity index (χ1) is 17.2. The van der Waals surface area contributed by atoms with Gasteiger partial charge in [-0.1, -0.05) is 23.7 Å². The first-order valence-corrected chi connectivity index (χ1v) is 11.7. The van der Waals surface area contributed by atoms with Crippen molar-refractivity contribution < 1.29 is 28.6 Å². The number of nitrogens with zero attached hydrogens (tertiary/aromatic N) is 3. The van der Waals surface area contributed by atoms with Crippen LogP contribution in [0.5, 0.6) is 0 Å². The van der Waals surface area contributed by atoms with Crippen LogP contribution in [-0.4, -0.2) is 57.6 Å². The first kappa shape index (κ1) is 26.8. The zero-order valence-corrected chi connectivity index (χ0v) is 20.4. The molecule has 3 rings (SSSR count). The summed E-state index contributed by atoms with van der Waals surface area (Å²) < 4.78 is 19.0. The van der Waals surface area contributed by atoms with E-state index in [0.717, 1.165) is 10.8 Å². The topological polar surface area (TPSA) is 122 Å². The number of aliphatic carboxylic acids is 1. The Balaban J connectivity index is 1.59. The highest BCUT2D eigenvalue weighted by molar-refractivity contribution is 6.31. The second-order valence-corrected chi connectivity index (χ2v) is 8.55. The van der Waals surface area contributed by atoms with Crippen LogP contribution in [0.15, 0.2) is 48.9 Å². The van der Waals surface area contributed by atoms with Crippen molar-refractivity contribution in [2.75, 3.05) is 19.0 Å². The number of fused-ring (bicyclic) bond motifs is 1. The molecule has 36 heavy (non-hydrogen) atoms. The SMILES string of the molecule is CN(C(=O)CCc1cccc(F)c1Cl)[C@@H](CCCC(=O)O)COC(=O)Nc1cc2cnccc2cn1. The summed E-state index contributed by atoms with van der Waals surface area (Å²) in [5.41, 5.74) is 0.509. The molecule has 2 heterocycles. The molecule has 1 aromatic carbocycles. The van der Waals surface area contributed by atoms with Gasteiger partial charge >= 0.3 is 12.1 Å². The Morgan fingerprint density at radius 2 is 2.00 bits per heavy atom. The average Bonchev–Trinajstić information content (AvgIpc) is 2.86. The molecule has 9 nitrogen and oxygen atoms in total. The molecule has 2 aromatic heterocycles. The van der Waals surface area contributed by atoms with Crippen LogP contribution in [0.2, 0.25) is 5.02 Å². The molecular weight excluding hydrogens is 491 g/mol. The fourth-order valence-corrected chi connectivity index (χ4v) is 3.82. The van der Waals surface area contributed by atoms with E-state index in [2.05, 4.69) is 15.3 Å². The Hall–Kier alpha value is -3.79. The van der Waals surface area contributed by atoms with Crippen molar-refractivity contribution >= 4 is 46.2 Å². The number of nitrogens with one attached hydrogen (secondary N) is 1. The van der Waals surface area contributed by atoms with Gasteiger partial charge < -0.3 is 14.7 Å². The lowest BCUT2D eigenvalue weighted by atomic mass is 10.1. The van der Waals surface area contributed by atoms with Crippen molar-refractivity contribution in [2.24, 2.45) is 0 Å². The number of benzene rings is 1. The fourth-order valence-electron chi connectivity index (χ4n) is 3.60. The summed E-state index contributed by atoms with van der Waals surface area (Å²) in [5.74, 6) is -1.51. The van der Waals surface area contributed by atoms with E-state index < -0.39 is 23.9 Å². The largest absolute Gasteiger partial charge is 0.481 e. The van der Waals surface area contributed by atoms with Gasteiger partial charge in [0.15, 0.2) is 0 Å². The molecule has 1 atom stereocenters. The van der Waals surface area contributed by atoms with E-state index >= 15 is 0 Å². The quantitative estimate of drug-likeness (QED) is 0.379. The van der Waals surface area contributed by atoms with E-state index in [1.807, 2.05) is 0 Å². The van der Waals surface area contributed by atoms with Crippen LogP contribution in [0.4, 0.5) is 15.0 Å². The molecule has 2 amide bonds. The van der Waals surface area contributed by atoms with Crippen molar-refractivity contribution in [3.05, 3.63) is 65.3 Å². The number of ether oxygens (including phenoxy) is 1. The lowest BCUT2D eigenvalue weighted by molar-refractivity contribution is -0.137. The summed E-state index contributed by atoms with van der Waals surface area (Å²) in [6.45, 7) is -0.149. The van der Waals surface area contributed by atoms with Gasteiger partial charge in [-0.05, 0) is 43.0 Å². The molecule has 0 saturated heterocycles. The van der Waals surface area contributed by atoms with E-state index in [1.54, 1.807) is 43.8 Å². The van der Waals surface area contributed by atoms with Gasteiger partial charge in [0.1, 0.15) is 18.2 Å². The first-order valence-electron chi connectivity index (χ1n) is 11.3. The standard InChI is InChI=1S/C25H26ClFN4O5/c1-31(22(32)9-8-16-4-2-6-20(27)24(16)26)19(5-3-7-23(33)34)15-36-25(35)30-21-12-18-13-28-11-10-17(18)14-29-21/h2,4,6,10-14,19H,3,5,7-9,15H2,1H3,(H,33,34)(H,29,30,35)/t19-/m0/s1. The maximum absolute atomic E-state index is 13.7. The van der Waals surface area contributed by atoms with Crippen molar-refractivity contribution in [1.82, 2.24) is 14.9 Å². The number of carboxylic acid groups (broad SMARTS) is 1. The molecule has 0 aliphatic rings. The summed E-state index contributed by atoms with van der Waals surface area (Å²) in [5, 5.41) is 13.1. The summed E-state index contributed by atoms with van der Waals surface area (Å²) in [6.07, 6.45) is 4.91. The fraction of sp³-hybridized carbons (Fsp3) is 0.320. The molecule has 11 heteroatoms. The molecule has 2 N–H and O–H groups in total. The molecule has 0 aliphatic carbocycles. The van der Waals surface area contributed by atoms with Gasteiger partial charge in [-0.25, -0.2) is 14.2 Å². The number of carbonyl (C=O) groups is 3. The number of aryl methyl sites for hydroxylation is 1. The number of halogens is 2. The Kier molecular flexibility index (Phi) is 9.52. The van der Waals surface area contributed by atoms with E-state index in [9.17, 15) is 18.8 Å². The summed E-state index contributed by atoms with van der Waals surface area (Å²) in [4.78, 5) is 45.7. The van der Waals surface area contributed by atoms with Crippen molar-refractivity contribution in [2.45, 2.75) is 38.1 Å². The summed E-state index contributed by atoms with van der Waals surface area (Å²) >= 11 is 5.97. The highest BCUT2D eigenvalue weighted by atomic mass is 35.5. The molecule has 0 radical (unpaired) electrons. The third-order valence-electron chi connectivity index (χ3n) is 5.67. The molecule has 0 bridgehead atoms. The van der Waals surface area contributed by atoms with Crippen LogP contribution in [-0.2, 0) is 20.7 Å². The van der Waals surface area contributed by atoms with Crippen LogP contribution >= 0.6 is 11.6 Å². The third-order valence-corrected chi connectivity index (χ3v) is 6.09. The van der Waals surface area contributed by atoms with Crippen LogP contribution in [0.25, 0.3) is 10.8 Å². The van der Waals surface area contributed by atoms with E-state index in [1.165, 1.54) is 17.0 Å². The number of amides is 2. The number of aromatic nitrogens is 2. The number of pyridine rings is 2. The highest BCUT2D eigenvalue weighted by Gasteiger charge is 2.22.